The van der Waals surface area contributed by atoms with E-state index in [0.717, 1.165) is 18.4 Å². The number of anilines is 1. The van der Waals surface area contributed by atoms with Gasteiger partial charge in [0.25, 0.3) is 0 Å². The van der Waals surface area contributed by atoms with Gasteiger partial charge in [-0.05, 0) is 36.5 Å². The second-order valence-electron chi connectivity index (χ2n) is 5.43. The highest BCUT2D eigenvalue weighted by Gasteiger charge is 2.30. The third kappa shape index (κ3) is 3.13. The Morgan fingerprint density at radius 2 is 2.00 bits per heavy atom. The Labute approximate surface area is 121 Å². The van der Waals surface area contributed by atoms with Gasteiger partial charge in [0.15, 0.2) is 0 Å². The normalized spacial score (nSPS) is 18.1. The van der Waals surface area contributed by atoms with Crippen LogP contribution in [0.3, 0.4) is 0 Å². The third-order valence-corrected chi connectivity index (χ3v) is 5.85. The highest BCUT2D eigenvalue weighted by atomic mass is 32.2. The smallest absolute Gasteiger partial charge is 0.303 e. The fourth-order valence-electron chi connectivity index (χ4n) is 2.40. The first-order valence-corrected chi connectivity index (χ1v) is 8.38. The van der Waals surface area contributed by atoms with Gasteiger partial charge < -0.3 is 5.73 Å². The summed E-state index contributed by atoms with van der Waals surface area (Å²) in [6.45, 7) is 3.77. The number of benzene rings is 1. The molecule has 1 saturated heterocycles. The molecule has 0 aromatic heterocycles. The van der Waals surface area contributed by atoms with E-state index in [4.69, 9.17) is 5.73 Å². The van der Waals surface area contributed by atoms with E-state index in [-0.39, 0.29) is 0 Å². The maximum absolute atomic E-state index is 12.6. The summed E-state index contributed by atoms with van der Waals surface area (Å²) in [5.41, 5.74) is 7.19. The second-order valence-corrected chi connectivity index (χ2v) is 7.39. The van der Waals surface area contributed by atoms with E-state index in [9.17, 15) is 8.42 Å². The van der Waals surface area contributed by atoms with Crippen LogP contribution in [0.25, 0.3) is 0 Å². The van der Waals surface area contributed by atoms with E-state index in [1.165, 1.54) is 4.31 Å². The Morgan fingerprint density at radius 3 is 2.60 bits per heavy atom. The van der Waals surface area contributed by atoms with Crippen molar-refractivity contribution in [2.75, 3.05) is 24.4 Å². The quantitative estimate of drug-likeness (QED) is 0.917. The Balaban J connectivity index is 2.20. The van der Waals surface area contributed by atoms with Gasteiger partial charge in [0.1, 0.15) is 0 Å². The van der Waals surface area contributed by atoms with E-state index in [1.807, 2.05) is 18.2 Å². The van der Waals surface area contributed by atoms with Crippen LogP contribution in [0, 0.1) is 5.92 Å². The number of hydrogen-bond donors (Lipinski definition) is 1. The zero-order valence-electron chi connectivity index (χ0n) is 12.1. The van der Waals surface area contributed by atoms with E-state index >= 15 is 0 Å². The van der Waals surface area contributed by atoms with E-state index in [1.54, 1.807) is 17.4 Å². The number of piperidine rings is 1. The second kappa shape index (κ2) is 6.11. The maximum atomic E-state index is 12.6. The molecule has 0 radical (unpaired) electrons. The topological polar surface area (TPSA) is 66.6 Å². The predicted molar refractivity (Wildman–Crippen MR) is 81.6 cm³/mol. The third-order valence-electron chi connectivity index (χ3n) is 3.92. The molecule has 2 N–H and O–H groups in total. The zero-order valence-corrected chi connectivity index (χ0v) is 12.9. The molecular formula is C14H23N3O2S. The molecule has 5 nitrogen and oxygen atoms in total. The van der Waals surface area contributed by atoms with Crippen molar-refractivity contribution in [1.29, 1.82) is 0 Å². The summed E-state index contributed by atoms with van der Waals surface area (Å²) >= 11 is 0. The van der Waals surface area contributed by atoms with Crippen LogP contribution in [-0.2, 0) is 16.8 Å². The Kier molecular flexibility index (Phi) is 4.67. The number of nitrogens with two attached hydrogens (primary N) is 1. The van der Waals surface area contributed by atoms with Crippen LogP contribution in [0.15, 0.2) is 24.3 Å². The van der Waals surface area contributed by atoms with E-state index < -0.39 is 10.2 Å². The molecule has 1 heterocycles. The minimum atomic E-state index is -3.44. The number of hydrogen-bond acceptors (Lipinski definition) is 3. The summed E-state index contributed by atoms with van der Waals surface area (Å²) in [4.78, 5) is 0. The molecule has 112 valence electrons. The molecule has 0 atom stereocenters. The molecule has 1 aromatic rings. The van der Waals surface area contributed by atoms with Crippen LogP contribution in [0.4, 0.5) is 5.69 Å². The van der Waals surface area contributed by atoms with Crippen LogP contribution >= 0.6 is 0 Å². The van der Waals surface area contributed by atoms with Gasteiger partial charge in [0.05, 0.1) is 5.69 Å². The minimum Gasteiger partial charge on any atom is -0.326 e. The fraction of sp³-hybridized carbons (Fsp3) is 0.571. The standard InChI is InChI=1S/C14H23N3O2S/c1-12-6-8-17(9-7-12)20(18,19)16(2)14-5-3-4-13(10-14)11-15/h3-5,10,12H,6-9,11,15H2,1-2H3. The van der Waals surface area contributed by atoms with Gasteiger partial charge in [0, 0.05) is 26.7 Å². The zero-order chi connectivity index (χ0) is 14.8. The van der Waals surface area contributed by atoms with Crippen LogP contribution in [0.5, 0.6) is 0 Å². The SMILES string of the molecule is CC1CCN(S(=O)(=O)N(C)c2cccc(CN)c2)CC1. The van der Waals surface area contributed by atoms with Crippen molar-refractivity contribution in [2.45, 2.75) is 26.3 Å². The lowest BCUT2D eigenvalue weighted by molar-refractivity contribution is 0.287. The van der Waals surface area contributed by atoms with Gasteiger partial charge in [-0.3, -0.25) is 4.31 Å². The van der Waals surface area contributed by atoms with Crippen molar-refractivity contribution in [3.63, 3.8) is 0 Å². The van der Waals surface area contributed by atoms with Gasteiger partial charge in [0.2, 0.25) is 0 Å². The Morgan fingerprint density at radius 1 is 1.35 bits per heavy atom. The van der Waals surface area contributed by atoms with Gasteiger partial charge in [-0.2, -0.15) is 12.7 Å². The predicted octanol–water partition coefficient (Wildman–Crippen LogP) is 1.56. The molecule has 20 heavy (non-hydrogen) atoms. The van der Waals surface area contributed by atoms with Crippen molar-refractivity contribution in [3.05, 3.63) is 29.8 Å². The first kappa shape index (κ1) is 15.3. The molecule has 2 rings (SSSR count). The molecule has 1 fully saturated rings. The Bertz CT molecular complexity index is 551. The summed E-state index contributed by atoms with van der Waals surface area (Å²) in [7, 11) is -1.84. The van der Waals surface area contributed by atoms with Gasteiger partial charge >= 0.3 is 10.2 Å². The Hall–Kier alpha value is -1.11. The van der Waals surface area contributed by atoms with Crippen molar-refractivity contribution in [1.82, 2.24) is 4.31 Å². The van der Waals surface area contributed by atoms with Crippen LogP contribution < -0.4 is 10.0 Å². The first-order valence-electron chi connectivity index (χ1n) is 6.98. The molecule has 0 amide bonds. The fourth-order valence-corrected chi connectivity index (χ4v) is 3.80. The summed E-state index contributed by atoms with van der Waals surface area (Å²) in [6.07, 6.45) is 1.85. The lowest BCUT2D eigenvalue weighted by atomic mass is 10.0. The van der Waals surface area contributed by atoms with Crippen molar-refractivity contribution in [2.24, 2.45) is 11.7 Å². The summed E-state index contributed by atoms with van der Waals surface area (Å²) in [5, 5.41) is 0. The number of nitrogens with zero attached hydrogens (tertiary/aromatic N) is 2. The molecule has 0 aliphatic carbocycles. The lowest BCUT2D eigenvalue weighted by Gasteiger charge is -2.33. The minimum absolute atomic E-state index is 0.406. The van der Waals surface area contributed by atoms with Crippen LogP contribution in [0.1, 0.15) is 25.3 Å². The molecule has 6 heteroatoms. The highest BCUT2D eigenvalue weighted by Crippen LogP contribution is 2.24. The molecule has 1 aliphatic heterocycles. The first-order chi connectivity index (χ1) is 9.45. The van der Waals surface area contributed by atoms with E-state index in [2.05, 4.69) is 6.92 Å². The summed E-state index contributed by atoms with van der Waals surface area (Å²) < 4.78 is 28.1. The van der Waals surface area contributed by atoms with Gasteiger partial charge in [-0.1, -0.05) is 19.1 Å². The van der Waals surface area contributed by atoms with E-state index in [0.29, 0.717) is 31.2 Å². The summed E-state index contributed by atoms with van der Waals surface area (Å²) in [6, 6.07) is 7.35. The molecular weight excluding hydrogens is 274 g/mol. The number of rotatable bonds is 4. The molecule has 0 bridgehead atoms. The van der Waals surface area contributed by atoms with Crippen molar-refractivity contribution in [3.8, 4) is 0 Å². The van der Waals surface area contributed by atoms with Crippen LogP contribution in [0.2, 0.25) is 0 Å². The molecule has 0 spiro atoms. The molecule has 1 aliphatic rings. The van der Waals surface area contributed by atoms with Gasteiger partial charge in [-0.15, -0.1) is 0 Å². The molecule has 1 aromatic carbocycles. The average Bonchev–Trinajstić information content (AvgIpc) is 2.47. The highest BCUT2D eigenvalue weighted by molar-refractivity contribution is 7.90. The largest absolute Gasteiger partial charge is 0.326 e. The van der Waals surface area contributed by atoms with Crippen LogP contribution in [-0.4, -0.2) is 32.9 Å². The maximum Gasteiger partial charge on any atom is 0.303 e. The van der Waals surface area contributed by atoms with Gasteiger partial charge in [-0.25, -0.2) is 0 Å². The summed E-state index contributed by atoms with van der Waals surface area (Å²) in [5.74, 6) is 0.604. The van der Waals surface area contributed by atoms with Crippen molar-refractivity contribution >= 4 is 15.9 Å². The average molecular weight is 297 g/mol. The lowest BCUT2D eigenvalue weighted by Crippen LogP contribution is -2.45. The molecule has 0 saturated carbocycles. The molecule has 0 unspecified atom stereocenters. The van der Waals surface area contributed by atoms with Crippen molar-refractivity contribution < 1.29 is 8.42 Å². The monoisotopic (exact) mass is 297 g/mol.